The lowest BCUT2D eigenvalue weighted by molar-refractivity contribution is -0.139. The molecule has 7 nitrogen and oxygen atoms in total. The highest BCUT2D eigenvalue weighted by atomic mass is 16.6. The lowest BCUT2D eigenvalue weighted by Gasteiger charge is -2.26. The Hall–Kier alpha value is -5.04. The number of fused-ring (bicyclic) bond motifs is 1. The van der Waals surface area contributed by atoms with Crippen molar-refractivity contribution >= 4 is 17.4 Å². The third-order valence-corrected chi connectivity index (χ3v) is 7.28. The van der Waals surface area contributed by atoms with Gasteiger partial charge >= 0.3 is 0 Å². The average Bonchev–Trinajstić information content (AvgIpc) is 3.28. The number of benzene rings is 4. The first-order chi connectivity index (χ1) is 20.1. The van der Waals surface area contributed by atoms with Crippen LogP contribution < -0.4 is 14.2 Å². The first-order valence-corrected chi connectivity index (χ1v) is 13.6. The van der Waals surface area contributed by atoms with Gasteiger partial charge in [0.2, 0.25) is 0 Å². The minimum atomic E-state index is -0.768. The van der Waals surface area contributed by atoms with Crippen LogP contribution in [0.15, 0.2) is 109 Å². The van der Waals surface area contributed by atoms with Gasteiger partial charge in [-0.15, -0.1) is 0 Å². The fourth-order valence-corrected chi connectivity index (χ4v) is 5.18. The number of rotatable bonds is 8. The Balaban J connectivity index is 1.34. The van der Waals surface area contributed by atoms with Crippen molar-refractivity contribution in [1.82, 2.24) is 4.90 Å². The molecule has 0 bridgehead atoms. The van der Waals surface area contributed by atoms with Crippen molar-refractivity contribution < 1.29 is 28.9 Å². The maximum atomic E-state index is 13.5. The van der Waals surface area contributed by atoms with Crippen molar-refractivity contribution in [1.29, 1.82) is 0 Å². The standard InChI is InChI=1S/C34H29NO6/c36-32(26-13-16-28-29(21-26)40-20-19-39-28)30-31(35(34(38)33(30)37)18-17-23-7-3-1-4-8-23)25-11-14-27(15-12-25)41-22-24-9-5-2-6-10-24/h1-16,21,31,36H,17-20,22H2/b32-30-. The van der Waals surface area contributed by atoms with E-state index in [0.29, 0.717) is 61.2 Å². The van der Waals surface area contributed by atoms with Crippen LogP contribution in [-0.4, -0.2) is 41.5 Å². The zero-order valence-corrected chi connectivity index (χ0v) is 22.4. The summed E-state index contributed by atoms with van der Waals surface area (Å²) >= 11 is 0. The summed E-state index contributed by atoms with van der Waals surface area (Å²) in [6, 6.07) is 31.2. The zero-order chi connectivity index (χ0) is 28.2. The fourth-order valence-electron chi connectivity index (χ4n) is 5.18. The number of amides is 1. The van der Waals surface area contributed by atoms with Gasteiger partial charge in [0, 0.05) is 12.1 Å². The van der Waals surface area contributed by atoms with Gasteiger partial charge in [-0.2, -0.15) is 0 Å². The number of nitrogens with zero attached hydrogens (tertiary/aromatic N) is 1. The van der Waals surface area contributed by atoms with Gasteiger partial charge in [-0.1, -0.05) is 72.8 Å². The Kier molecular flexibility index (Phi) is 7.41. The summed E-state index contributed by atoms with van der Waals surface area (Å²) in [4.78, 5) is 28.4. The van der Waals surface area contributed by atoms with E-state index in [4.69, 9.17) is 14.2 Å². The molecule has 0 aromatic heterocycles. The van der Waals surface area contributed by atoms with Crippen LogP contribution >= 0.6 is 0 Å². The predicted molar refractivity (Wildman–Crippen MR) is 154 cm³/mol. The number of aliphatic hydroxyl groups excluding tert-OH is 1. The third kappa shape index (κ3) is 5.52. The SMILES string of the molecule is O=C1C(=O)N(CCc2ccccc2)C(c2ccc(OCc3ccccc3)cc2)/C1=C(/O)c1ccc2c(c1)OCCO2. The normalized spacial score (nSPS) is 17.5. The van der Waals surface area contributed by atoms with Gasteiger partial charge < -0.3 is 24.2 Å². The number of carbonyl (C=O) groups is 2. The van der Waals surface area contributed by atoms with Gasteiger partial charge in [-0.3, -0.25) is 9.59 Å². The summed E-state index contributed by atoms with van der Waals surface area (Å²) in [7, 11) is 0. The van der Waals surface area contributed by atoms with Crippen LogP contribution in [0.25, 0.3) is 5.76 Å². The molecule has 0 aliphatic carbocycles. The van der Waals surface area contributed by atoms with E-state index in [1.54, 1.807) is 23.1 Å². The Bertz CT molecular complexity index is 1580. The molecule has 1 unspecified atom stereocenters. The maximum Gasteiger partial charge on any atom is 0.295 e. The van der Waals surface area contributed by atoms with E-state index < -0.39 is 17.7 Å². The molecule has 2 aliphatic rings. The molecule has 4 aromatic rings. The van der Waals surface area contributed by atoms with E-state index in [0.717, 1.165) is 11.1 Å². The van der Waals surface area contributed by atoms with Gasteiger partial charge in [0.25, 0.3) is 11.7 Å². The molecule has 0 saturated carbocycles. The van der Waals surface area contributed by atoms with Crippen molar-refractivity contribution in [2.24, 2.45) is 0 Å². The summed E-state index contributed by atoms with van der Waals surface area (Å²) in [5.41, 5.74) is 3.21. The van der Waals surface area contributed by atoms with E-state index in [1.807, 2.05) is 84.9 Å². The lowest BCUT2D eigenvalue weighted by Crippen LogP contribution is -2.31. The molecule has 4 aromatic carbocycles. The molecule has 1 saturated heterocycles. The second-order valence-electron chi connectivity index (χ2n) is 9.93. The lowest BCUT2D eigenvalue weighted by atomic mass is 9.95. The molecule has 1 N–H and O–H groups in total. The number of carbonyl (C=O) groups excluding carboxylic acids is 2. The second kappa shape index (κ2) is 11.6. The summed E-state index contributed by atoms with van der Waals surface area (Å²) in [5.74, 6) is 0.0886. The number of ketones is 1. The number of likely N-dealkylation sites (tertiary alicyclic amines) is 1. The van der Waals surface area contributed by atoms with E-state index in [-0.39, 0.29) is 11.3 Å². The Morgan fingerprint density at radius 1 is 0.805 bits per heavy atom. The fraction of sp³-hybridized carbons (Fsp3) is 0.176. The van der Waals surface area contributed by atoms with Crippen LogP contribution in [-0.2, 0) is 22.6 Å². The van der Waals surface area contributed by atoms with Crippen molar-refractivity contribution in [3.05, 3.63) is 131 Å². The molecular weight excluding hydrogens is 518 g/mol. The molecule has 0 radical (unpaired) electrons. The van der Waals surface area contributed by atoms with Crippen LogP contribution in [0.2, 0.25) is 0 Å². The molecule has 1 atom stereocenters. The molecule has 6 rings (SSSR count). The molecular formula is C34H29NO6. The summed E-state index contributed by atoms with van der Waals surface area (Å²) in [6.07, 6.45) is 0.562. The molecule has 7 heteroatoms. The van der Waals surface area contributed by atoms with Crippen molar-refractivity contribution in [2.75, 3.05) is 19.8 Å². The van der Waals surface area contributed by atoms with E-state index in [9.17, 15) is 14.7 Å². The molecule has 2 heterocycles. The molecule has 1 fully saturated rings. The summed E-state index contributed by atoms with van der Waals surface area (Å²) < 4.78 is 17.2. The van der Waals surface area contributed by atoms with Gasteiger partial charge in [0.15, 0.2) is 11.5 Å². The van der Waals surface area contributed by atoms with Crippen molar-refractivity contribution in [3.63, 3.8) is 0 Å². The van der Waals surface area contributed by atoms with E-state index >= 15 is 0 Å². The van der Waals surface area contributed by atoms with Crippen LogP contribution in [0.4, 0.5) is 0 Å². The van der Waals surface area contributed by atoms with Crippen LogP contribution in [0.5, 0.6) is 17.2 Å². The molecule has 1 amide bonds. The van der Waals surface area contributed by atoms with Crippen molar-refractivity contribution in [2.45, 2.75) is 19.1 Å². The summed E-state index contributed by atoms with van der Waals surface area (Å²) in [5, 5.41) is 11.5. The van der Waals surface area contributed by atoms with E-state index in [1.165, 1.54) is 0 Å². The first kappa shape index (κ1) is 26.2. The zero-order valence-electron chi connectivity index (χ0n) is 22.4. The van der Waals surface area contributed by atoms with Gasteiger partial charge in [-0.05, 0) is 53.4 Å². The topological polar surface area (TPSA) is 85.3 Å². The van der Waals surface area contributed by atoms with Gasteiger partial charge in [-0.25, -0.2) is 0 Å². The minimum absolute atomic E-state index is 0.0395. The van der Waals surface area contributed by atoms with Crippen molar-refractivity contribution in [3.8, 4) is 17.2 Å². The average molecular weight is 548 g/mol. The monoisotopic (exact) mass is 547 g/mol. The maximum absolute atomic E-state index is 13.5. The molecule has 2 aliphatic heterocycles. The minimum Gasteiger partial charge on any atom is -0.507 e. The molecule has 41 heavy (non-hydrogen) atoms. The molecule has 0 spiro atoms. The second-order valence-corrected chi connectivity index (χ2v) is 9.93. The Labute approximate surface area is 238 Å². The predicted octanol–water partition coefficient (Wildman–Crippen LogP) is 5.70. The van der Waals surface area contributed by atoms with Crippen LogP contribution in [0.3, 0.4) is 0 Å². The first-order valence-electron chi connectivity index (χ1n) is 13.6. The van der Waals surface area contributed by atoms with Gasteiger partial charge in [0.05, 0.1) is 11.6 Å². The third-order valence-electron chi connectivity index (χ3n) is 7.28. The highest BCUT2D eigenvalue weighted by molar-refractivity contribution is 6.46. The highest BCUT2D eigenvalue weighted by Gasteiger charge is 2.46. The van der Waals surface area contributed by atoms with E-state index in [2.05, 4.69) is 0 Å². The largest absolute Gasteiger partial charge is 0.507 e. The summed E-state index contributed by atoms with van der Waals surface area (Å²) in [6.45, 7) is 1.55. The van der Waals surface area contributed by atoms with Crippen LogP contribution in [0.1, 0.15) is 28.3 Å². The molecule has 206 valence electrons. The smallest absolute Gasteiger partial charge is 0.295 e. The van der Waals surface area contributed by atoms with Crippen LogP contribution in [0, 0.1) is 0 Å². The number of Topliss-reactive ketones (excluding diaryl/α,β-unsaturated/α-hetero) is 1. The van der Waals surface area contributed by atoms with Gasteiger partial charge in [0.1, 0.15) is 31.3 Å². The number of hydrogen-bond donors (Lipinski definition) is 1. The number of ether oxygens (including phenoxy) is 3. The Morgan fingerprint density at radius 3 is 2.17 bits per heavy atom. The quantitative estimate of drug-likeness (QED) is 0.173. The highest BCUT2D eigenvalue weighted by Crippen LogP contribution is 2.41. The Morgan fingerprint density at radius 2 is 1.46 bits per heavy atom. The number of hydrogen-bond acceptors (Lipinski definition) is 6. The number of aliphatic hydroxyl groups is 1.